The zero-order valence-corrected chi connectivity index (χ0v) is 28.5. The molecule has 7 nitrogen and oxygen atoms in total. The molecule has 244 valence electrons. The lowest BCUT2D eigenvalue weighted by atomic mass is 9.94. The van der Waals surface area contributed by atoms with Crippen LogP contribution in [0.25, 0.3) is 10.8 Å². The van der Waals surface area contributed by atoms with Crippen molar-refractivity contribution in [3.8, 4) is 0 Å². The average molecular weight is 616 g/mol. The van der Waals surface area contributed by atoms with Crippen molar-refractivity contribution in [1.29, 1.82) is 0 Å². The average Bonchev–Trinajstić information content (AvgIpc) is 2.96. The van der Waals surface area contributed by atoms with Gasteiger partial charge in [0, 0.05) is 12.2 Å². The van der Waals surface area contributed by atoms with E-state index in [4.69, 9.17) is 4.74 Å². The van der Waals surface area contributed by atoms with E-state index in [1.807, 2.05) is 88.4 Å². The fourth-order valence-corrected chi connectivity index (χ4v) is 5.62. The summed E-state index contributed by atoms with van der Waals surface area (Å²) in [5, 5.41) is 8.04. The molecule has 0 radical (unpaired) electrons. The number of amides is 3. The van der Waals surface area contributed by atoms with Crippen LogP contribution in [0.4, 0.5) is 10.5 Å². The fraction of sp³-hybridized carbons (Fsp3) is 0.500. The lowest BCUT2D eigenvalue weighted by Crippen LogP contribution is -2.54. The van der Waals surface area contributed by atoms with Gasteiger partial charge in [-0.15, -0.1) is 0 Å². The number of carbonyl (C=O) groups excluding carboxylic acids is 3. The molecule has 7 heteroatoms. The first-order valence-corrected chi connectivity index (χ1v) is 16.5. The van der Waals surface area contributed by atoms with Crippen molar-refractivity contribution in [3.63, 3.8) is 0 Å². The summed E-state index contributed by atoms with van der Waals surface area (Å²) in [6.45, 7) is 15.7. The molecule has 0 aliphatic carbocycles. The van der Waals surface area contributed by atoms with Crippen molar-refractivity contribution in [2.45, 2.75) is 112 Å². The Labute approximate surface area is 270 Å². The number of carbonyl (C=O) groups is 3. The second-order valence-electron chi connectivity index (χ2n) is 13.5. The van der Waals surface area contributed by atoms with E-state index in [0.717, 1.165) is 59.6 Å². The van der Waals surface area contributed by atoms with E-state index in [9.17, 15) is 14.4 Å². The minimum Gasteiger partial charge on any atom is -0.444 e. The first-order chi connectivity index (χ1) is 21.3. The summed E-state index contributed by atoms with van der Waals surface area (Å²) in [6.07, 6.45) is 5.58. The predicted octanol–water partition coefficient (Wildman–Crippen LogP) is 8.87. The van der Waals surface area contributed by atoms with E-state index in [-0.39, 0.29) is 17.7 Å². The smallest absolute Gasteiger partial charge is 0.408 e. The van der Waals surface area contributed by atoms with Crippen molar-refractivity contribution >= 4 is 34.4 Å². The molecular formula is C38H53N3O4. The SMILES string of the molecule is CCCCCCCCN(C(=O)C(NC(=O)OC(C)(C)C)C(C)C)C(C(=O)Nc1ccc2ccccc2c1)c1ccc(C)cc1C. The molecule has 0 aromatic heterocycles. The summed E-state index contributed by atoms with van der Waals surface area (Å²) in [5.74, 6) is -0.834. The van der Waals surface area contributed by atoms with Crippen LogP contribution in [0.2, 0.25) is 0 Å². The van der Waals surface area contributed by atoms with Crippen LogP contribution in [0.3, 0.4) is 0 Å². The molecule has 2 N–H and O–H groups in total. The largest absolute Gasteiger partial charge is 0.444 e. The number of anilines is 1. The molecule has 45 heavy (non-hydrogen) atoms. The highest BCUT2D eigenvalue weighted by Gasteiger charge is 2.38. The molecule has 2 unspecified atom stereocenters. The predicted molar refractivity (Wildman–Crippen MR) is 184 cm³/mol. The van der Waals surface area contributed by atoms with Crippen molar-refractivity contribution in [1.82, 2.24) is 10.2 Å². The summed E-state index contributed by atoms with van der Waals surface area (Å²) >= 11 is 0. The van der Waals surface area contributed by atoms with Gasteiger partial charge < -0.3 is 20.3 Å². The second kappa shape index (κ2) is 16.4. The summed E-state index contributed by atoms with van der Waals surface area (Å²) in [6, 6.07) is 18.0. The Morgan fingerprint density at radius 2 is 1.51 bits per heavy atom. The van der Waals surface area contributed by atoms with Gasteiger partial charge in [-0.3, -0.25) is 9.59 Å². The van der Waals surface area contributed by atoms with E-state index < -0.39 is 23.8 Å². The minimum atomic E-state index is -0.901. The lowest BCUT2D eigenvalue weighted by molar-refractivity contribution is -0.141. The summed E-state index contributed by atoms with van der Waals surface area (Å²) in [4.78, 5) is 43.5. The van der Waals surface area contributed by atoms with Gasteiger partial charge in [0.05, 0.1) is 0 Å². The third-order valence-electron chi connectivity index (χ3n) is 7.94. The standard InChI is InChI=1S/C38H53N3O4/c1-9-10-11-12-13-16-23-41(36(43)33(26(2)3)40-37(44)45-38(6,7)8)34(32-22-19-27(4)24-28(32)5)35(42)39-31-21-20-29-17-14-15-18-30(29)25-31/h14-15,17-22,24-26,33-34H,9-13,16,23H2,1-8H3,(H,39,42)(H,40,44). The molecule has 0 aliphatic rings. The molecule has 0 saturated carbocycles. The first-order valence-electron chi connectivity index (χ1n) is 16.5. The zero-order chi connectivity index (χ0) is 33.1. The molecule has 3 rings (SSSR count). The van der Waals surface area contributed by atoms with E-state index in [2.05, 4.69) is 17.6 Å². The molecule has 3 amide bonds. The first kappa shape index (κ1) is 35.6. The van der Waals surface area contributed by atoms with Crippen LogP contribution in [0.5, 0.6) is 0 Å². The van der Waals surface area contributed by atoms with E-state index in [1.165, 1.54) is 6.42 Å². The number of nitrogens with zero attached hydrogens (tertiary/aromatic N) is 1. The fourth-order valence-electron chi connectivity index (χ4n) is 5.62. The number of aryl methyl sites for hydroxylation is 2. The van der Waals surface area contributed by atoms with Crippen LogP contribution in [-0.4, -0.2) is 41.0 Å². The topological polar surface area (TPSA) is 87.7 Å². The number of unbranched alkanes of at least 4 members (excludes halogenated alkanes) is 5. The number of ether oxygens (including phenoxy) is 1. The number of benzene rings is 3. The number of alkyl carbamates (subject to hydrolysis) is 1. The number of hydrogen-bond acceptors (Lipinski definition) is 4. The summed E-state index contributed by atoms with van der Waals surface area (Å²) in [7, 11) is 0. The highest BCUT2D eigenvalue weighted by atomic mass is 16.6. The number of nitrogens with one attached hydrogen (secondary N) is 2. The third kappa shape index (κ3) is 10.6. The number of fused-ring (bicyclic) bond motifs is 1. The molecule has 0 bridgehead atoms. The molecule has 3 aromatic rings. The van der Waals surface area contributed by atoms with Crippen molar-refractivity contribution < 1.29 is 19.1 Å². The Morgan fingerprint density at radius 3 is 2.16 bits per heavy atom. The third-order valence-corrected chi connectivity index (χ3v) is 7.94. The molecule has 3 aromatic carbocycles. The molecule has 0 spiro atoms. The number of hydrogen-bond donors (Lipinski definition) is 2. The second-order valence-corrected chi connectivity index (χ2v) is 13.5. The van der Waals surface area contributed by atoms with Gasteiger partial charge in [-0.1, -0.05) is 107 Å². The molecule has 0 saturated heterocycles. The Hall–Kier alpha value is -3.87. The van der Waals surface area contributed by atoms with Crippen molar-refractivity contribution in [2.75, 3.05) is 11.9 Å². The van der Waals surface area contributed by atoms with Crippen LogP contribution in [0.15, 0.2) is 60.7 Å². The molecule has 0 aliphatic heterocycles. The Kier molecular flexibility index (Phi) is 13.0. The van der Waals surface area contributed by atoms with Crippen LogP contribution in [0.1, 0.15) is 103 Å². The normalized spacial score (nSPS) is 12.9. The Bertz CT molecular complexity index is 1440. The van der Waals surface area contributed by atoms with Crippen LogP contribution >= 0.6 is 0 Å². The quantitative estimate of drug-likeness (QED) is 0.177. The van der Waals surface area contributed by atoms with Crippen LogP contribution in [-0.2, 0) is 14.3 Å². The molecule has 2 atom stereocenters. The van der Waals surface area contributed by atoms with E-state index in [0.29, 0.717) is 12.2 Å². The maximum absolute atomic E-state index is 14.6. The summed E-state index contributed by atoms with van der Waals surface area (Å²) < 4.78 is 5.52. The van der Waals surface area contributed by atoms with Crippen molar-refractivity contribution in [3.05, 3.63) is 77.4 Å². The number of rotatable bonds is 14. The van der Waals surface area contributed by atoms with E-state index >= 15 is 0 Å². The van der Waals surface area contributed by atoms with Gasteiger partial charge in [-0.25, -0.2) is 4.79 Å². The summed E-state index contributed by atoms with van der Waals surface area (Å²) in [5.41, 5.74) is 2.71. The van der Waals surface area contributed by atoms with Gasteiger partial charge >= 0.3 is 6.09 Å². The molecule has 0 fully saturated rings. The van der Waals surface area contributed by atoms with Gasteiger partial charge in [0.2, 0.25) is 5.91 Å². The highest BCUT2D eigenvalue weighted by molar-refractivity contribution is 6.00. The van der Waals surface area contributed by atoms with Gasteiger partial charge in [0.25, 0.3) is 5.91 Å². The van der Waals surface area contributed by atoms with Crippen molar-refractivity contribution in [2.24, 2.45) is 5.92 Å². The zero-order valence-electron chi connectivity index (χ0n) is 28.5. The highest BCUT2D eigenvalue weighted by Crippen LogP contribution is 2.30. The van der Waals surface area contributed by atoms with Gasteiger partial charge in [-0.2, -0.15) is 0 Å². The van der Waals surface area contributed by atoms with Gasteiger partial charge in [0.1, 0.15) is 17.7 Å². The van der Waals surface area contributed by atoms with Crippen LogP contribution in [0, 0.1) is 19.8 Å². The maximum atomic E-state index is 14.6. The molecular weight excluding hydrogens is 562 g/mol. The Morgan fingerprint density at radius 1 is 0.844 bits per heavy atom. The van der Waals surface area contributed by atoms with Crippen LogP contribution < -0.4 is 10.6 Å². The Balaban J connectivity index is 2.04. The minimum absolute atomic E-state index is 0.236. The maximum Gasteiger partial charge on any atom is 0.408 e. The monoisotopic (exact) mass is 615 g/mol. The lowest BCUT2D eigenvalue weighted by Gasteiger charge is -2.36. The van der Waals surface area contributed by atoms with E-state index in [1.54, 1.807) is 25.7 Å². The van der Waals surface area contributed by atoms with Gasteiger partial charge in [0.15, 0.2) is 0 Å². The van der Waals surface area contributed by atoms with Gasteiger partial charge in [-0.05, 0) is 81.0 Å². The molecule has 0 heterocycles.